The molecule has 0 fully saturated rings. The van der Waals surface area contributed by atoms with Crippen molar-refractivity contribution in [1.29, 1.82) is 0 Å². The van der Waals surface area contributed by atoms with Gasteiger partial charge in [-0.05, 0) is 24.6 Å². The molecule has 1 unspecified atom stereocenters. The lowest BCUT2D eigenvalue weighted by molar-refractivity contribution is -0.210. The number of rotatable bonds is 4. The van der Waals surface area contributed by atoms with Crippen LogP contribution < -0.4 is 4.74 Å². The number of hydrogen-bond acceptors (Lipinski definition) is 3. The van der Waals surface area contributed by atoms with Crippen LogP contribution in [0.15, 0.2) is 24.3 Å². The molecule has 0 bridgehead atoms. The lowest BCUT2D eigenvalue weighted by atomic mass is 10.1. The van der Waals surface area contributed by atoms with E-state index in [4.69, 9.17) is 9.84 Å². The van der Waals surface area contributed by atoms with Gasteiger partial charge in [0.1, 0.15) is 12.4 Å². The highest BCUT2D eigenvalue weighted by molar-refractivity contribution is 5.29. The molecule has 0 saturated heterocycles. The maximum Gasteiger partial charge on any atom is 0.417 e. The number of halogens is 3. The zero-order valence-electron chi connectivity index (χ0n) is 9.11. The van der Waals surface area contributed by atoms with Crippen molar-refractivity contribution in [2.24, 2.45) is 0 Å². The summed E-state index contributed by atoms with van der Waals surface area (Å²) in [5.74, 6) is 0.173. The molecule has 0 aliphatic heterocycles. The smallest absolute Gasteiger partial charge is 0.417 e. The molecule has 1 rings (SSSR count). The predicted octanol–water partition coefficient (Wildman–Crippen LogP) is 2.04. The quantitative estimate of drug-likeness (QED) is 0.859. The third-order valence-electron chi connectivity index (χ3n) is 2.13. The summed E-state index contributed by atoms with van der Waals surface area (Å²) >= 11 is 0. The van der Waals surface area contributed by atoms with Gasteiger partial charge in [-0.1, -0.05) is 12.1 Å². The van der Waals surface area contributed by atoms with Gasteiger partial charge in [0, 0.05) is 0 Å². The highest BCUT2D eigenvalue weighted by atomic mass is 19.4. The summed E-state index contributed by atoms with van der Waals surface area (Å²) in [6, 6.07) is 6.05. The number of hydrogen-bond donors (Lipinski definition) is 2. The van der Waals surface area contributed by atoms with Crippen LogP contribution >= 0.6 is 0 Å². The van der Waals surface area contributed by atoms with E-state index in [1.807, 2.05) is 0 Å². The molecule has 0 amide bonds. The summed E-state index contributed by atoms with van der Waals surface area (Å²) in [5.41, 5.74) is 0.531. The molecule has 3 nitrogen and oxygen atoms in total. The highest BCUT2D eigenvalue weighted by Gasteiger charge is 2.38. The lowest BCUT2D eigenvalue weighted by Crippen LogP contribution is -2.34. The number of aliphatic hydroxyl groups is 2. The Morgan fingerprint density at radius 2 is 1.94 bits per heavy atom. The first-order chi connectivity index (χ1) is 7.80. The molecule has 0 aromatic heterocycles. The fraction of sp³-hybridized carbons (Fsp3) is 0.455. The molecule has 0 spiro atoms. The Morgan fingerprint density at radius 3 is 2.47 bits per heavy atom. The van der Waals surface area contributed by atoms with Crippen LogP contribution in [-0.4, -0.2) is 29.1 Å². The van der Waals surface area contributed by atoms with Gasteiger partial charge in [0.2, 0.25) is 0 Å². The summed E-state index contributed by atoms with van der Waals surface area (Å²) < 4.78 is 40.8. The minimum atomic E-state index is -4.69. The lowest BCUT2D eigenvalue weighted by Gasteiger charge is -2.15. The summed E-state index contributed by atoms with van der Waals surface area (Å²) in [6.07, 6.45) is -7.94. The molecule has 2 N–H and O–H groups in total. The van der Waals surface area contributed by atoms with Gasteiger partial charge >= 0.3 is 6.18 Å². The Hall–Kier alpha value is -1.27. The SMILES string of the molecule is C[C@H](O)c1cccc(OCC(O)C(F)(F)F)c1. The topological polar surface area (TPSA) is 49.7 Å². The Kier molecular flexibility index (Phi) is 4.36. The highest BCUT2D eigenvalue weighted by Crippen LogP contribution is 2.22. The van der Waals surface area contributed by atoms with Gasteiger partial charge in [-0.25, -0.2) is 0 Å². The summed E-state index contributed by atoms with van der Waals surface area (Å²) in [7, 11) is 0. The van der Waals surface area contributed by atoms with Crippen molar-refractivity contribution < 1.29 is 28.1 Å². The van der Waals surface area contributed by atoms with Crippen LogP contribution in [0.4, 0.5) is 13.2 Å². The van der Waals surface area contributed by atoms with E-state index in [2.05, 4.69) is 0 Å². The summed E-state index contributed by atoms with van der Waals surface area (Å²) in [4.78, 5) is 0. The molecular formula is C11H13F3O3. The summed E-state index contributed by atoms with van der Waals surface area (Å²) in [5, 5.41) is 18.0. The van der Waals surface area contributed by atoms with Gasteiger partial charge in [-0.2, -0.15) is 13.2 Å². The minimum absolute atomic E-state index is 0.173. The van der Waals surface area contributed by atoms with E-state index in [1.165, 1.54) is 19.1 Å². The molecule has 96 valence electrons. The van der Waals surface area contributed by atoms with Crippen molar-refractivity contribution in [3.63, 3.8) is 0 Å². The van der Waals surface area contributed by atoms with Crippen molar-refractivity contribution in [2.75, 3.05) is 6.61 Å². The number of ether oxygens (including phenoxy) is 1. The van der Waals surface area contributed by atoms with Crippen LogP contribution in [0.5, 0.6) is 5.75 Å². The third-order valence-corrected chi connectivity index (χ3v) is 2.13. The van der Waals surface area contributed by atoms with Gasteiger partial charge in [0.15, 0.2) is 6.10 Å². The molecule has 0 aliphatic rings. The minimum Gasteiger partial charge on any atom is -0.491 e. The van der Waals surface area contributed by atoms with E-state index in [9.17, 15) is 18.3 Å². The maximum absolute atomic E-state index is 12.0. The average molecular weight is 250 g/mol. The van der Waals surface area contributed by atoms with Crippen molar-refractivity contribution in [3.8, 4) is 5.75 Å². The first-order valence-electron chi connectivity index (χ1n) is 4.96. The van der Waals surface area contributed by atoms with Crippen LogP contribution in [0.1, 0.15) is 18.6 Å². The Morgan fingerprint density at radius 1 is 1.29 bits per heavy atom. The average Bonchev–Trinajstić information content (AvgIpc) is 2.25. The van der Waals surface area contributed by atoms with Crippen LogP contribution in [0.2, 0.25) is 0 Å². The van der Waals surface area contributed by atoms with Crippen LogP contribution in [-0.2, 0) is 0 Å². The molecule has 1 aromatic rings. The van der Waals surface area contributed by atoms with E-state index >= 15 is 0 Å². The fourth-order valence-corrected chi connectivity index (χ4v) is 1.13. The van der Waals surface area contributed by atoms with Crippen LogP contribution in [0, 0.1) is 0 Å². The number of benzene rings is 1. The first kappa shape index (κ1) is 13.8. The molecule has 0 heterocycles. The van der Waals surface area contributed by atoms with Crippen molar-refractivity contribution in [2.45, 2.75) is 25.3 Å². The van der Waals surface area contributed by atoms with Crippen LogP contribution in [0.3, 0.4) is 0 Å². The maximum atomic E-state index is 12.0. The third kappa shape index (κ3) is 4.24. The van der Waals surface area contributed by atoms with Crippen molar-refractivity contribution in [3.05, 3.63) is 29.8 Å². The van der Waals surface area contributed by atoms with Crippen molar-refractivity contribution in [1.82, 2.24) is 0 Å². The zero-order valence-corrected chi connectivity index (χ0v) is 9.11. The molecule has 0 saturated carbocycles. The molecule has 6 heteroatoms. The first-order valence-corrected chi connectivity index (χ1v) is 4.96. The van der Waals surface area contributed by atoms with Gasteiger partial charge in [-0.3, -0.25) is 0 Å². The predicted molar refractivity (Wildman–Crippen MR) is 54.6 cm³/mol. The number of alkyl halides is 3. The molecule has 1 aromatic carbocycles. The summed E-state index contributed by atoms with van der Waals surface area (Å²) in [6.45, 7) is 0.663. The second kappa shape index (κ2) is 5.37. The normalized spacial score (nSPS) is 15.4. The molecule has 17 heavy (non-hydrogen) atoms. The standard InChI is InChI=1S/C11H13F3O3/c1-7(15)8-3-2-4-9(5-8)17-6-10(16)11(12,13)14/h2-5,7,10,15-16H,6H2,1H3/t7-,10?/m0/s1. The Bertz CT molecular complexity index is 363. The second-order valence-electron chi connectivity index (χ2n) is 3.62. The monoisotopic (exact) mass is 250 g/mol. The second-order valence-corrected chi connectivity index (χ2v) is 3.62. The van der Waals surface area contributed by atoms with Crippen molar-refractivity contribution >= 4 is 0 Å². The van der Waals surface area contributed by atoms with E-state index < -0.39 is 25.0 Å². The molecule has 2 atom stereocenters. The van der Waals surface area contributed by atoms with Gasteiger partial charge in [0.25, 0.3) is 0 Å². The fourth-order valence-electron chi connectivity index (χ4n) is 1.13. The van der Waals surface area contributed by atoms with E-state index in [0.717, 1.165) is 0 Å². The van der Waals surface area contributed by atoms with Gasteiger partial charge in [0.05, 0.1) is 6.10 Å². The number of aliphatic hydroxyl groups excluding tert-OH is 2. The largest absolute Gasteiger partial charge is 0.491 e. The molecule has 0 radical (unpaired) electrons. The van der Waals surface area contributed by atoms with E-state index in [0.29, 0.717) is 5.56 Å². The van der Waals surface area contributed by atoms with Crippen LogP contribution in [0.25, 0.3) is 0 Å². The van der Waals surface area contributed by atoms with E-state index in [-0.39, 0.29) is 5.75 Å². The molecule has 0 aliphatic carbocycles. The Balaban J connectivity index is 2.61. The molecular weight excluding hydrogens is 237 g/mol. The zero-order chi connectivity index (χ0) is 13.1. The van der Waals surface area contributed by atoms with E-state index in [1.54, 1.807) is 12.1 Å². The Labute approximate surface area is 96.5 Å². The van der Waals surface area contributed by atoms with Gasteiger partial charge < -0.3 is 14.9 Å². The van der Waals surface area contributed by atoms with Gasteiger partial charge in [-0.15, -0.1) is 0 Å².